The molecule has 2 atom stereocenters. The zero-order chi connectivity index (χ0) is 13.4. The van der Waals surface area contributed by atoms with Crippen molar-refractivity contribution >= 4 is 0 Å². The highest BCUT2D eigenvalue weighted by atomic mass is 16.5. The van der Waals surface area contributed by atoms with Gasteiger partial charge in [0.25, 0.3) is 0 Å². The van der Waals surface area contributed by atoms with E-state index in [2.05, 4.69) is 37.9 Å². The lowest BCUT2D eigenvalue weighted by molar-refractivity contribution is -0.0982. The van der Waals surface area contributed by atoms with Crippen LogP contribution in [0.4, 0.5) is 0 Å². The summed E-state index contributed by atoms with van der Waals surface area (Å²) in [6.45, 7) is 12.6. The summed E-state index contributed by atoms with van der Waals surface area (Å²) in [7, 11) is 1.98. The molecule has 2 aliphatic rings. The first kappa shape index (κ1) is 14.3. The first-order valence-electron chi connectivity index (χ1n) is 7.04. The first-order valence-corrected chi connectivity index (χ1v) is 7.04. The normalized spacial score (nSPS) is 35.8. The van der Waals surface area contributed by atoms with Gasteiger partial charge in [-0.3, -0.25) is 4.90 Å². The molecule has 18 heavy (non-hydrogen) atoms. The summed E-state index contributed by atoms with van der Waals surface area (Å²) < 4.78 is 12.0. The SMILES string of the molecule is CNCC1CN(C2CC(C)(C)OC2(C)C)CCO1. The lowest BCUT2D eigenvalue weighted by Gasteiger charge is -2.41. The molecule has 0 saturated carbocycles. The van der Waals surface area contributed by atoms with Gasteiger partial charge < -0.3 is 14.8 Å². The molecule has 0 spiro atoms. The van der Waals surface area contributed by atoms with Crippen LogP contribution in [0.15, 0.2) is 0 Å². The molecule has 2 saturated heterocycles. The monoisotopic (exact) mass is 256 g/mol. The lowest BCUT2D eigenvalue weighted by atomic mass is 9.92. The second-order valence-electron chi connectivity index (χ2n) is 6.73. The molecule has 2 heterocycles. The van der Waals surface area contributed by atoms with Gasteiger partial charge in [0.15, 0.2) is 0 Å². The average molecular weight is 256 g/mol. The van der Waals surface area contributed by atoms with E-state index in [1.165, 1.54) is 0 Å². The molecule has 0 aromatic rings. The van der Waals surface area contributed by atoms with E-state index in [0.29, 0.717) is 12.1 Å². The predicted octanol–water partition coefficient (Wildman–Crippen LogP) is 1.25. The van der Waals surface area contributed by atoms with Crippen LogP contribution in [-0.4, -0.2) is 61.5 Å². The van der Waals surface area contributed by atoms with Gasteiger partial charge in [-0.15, -0.1) is 0 Å². The molecule has 1 N–H and O–H groups in total. The molecule has 2 unspecified atom stereocenters. The Bertz CT molecular complexity index is 290. The van der Waals surface area contributed by atoms with Crippen LogP contribution in [0.5, 0.6) is 0 Å². The predicted molar refractivity (Wildman–Crippen MR) is 72.9 cm³/mol. The van der Waals surface area contributed by atoms with Gasteiger partial charge in [-0.25, -0.2) is 0 Å². The Morgan fingerprint density at radius 2 is 2.00 bits per heavy atom. The van der Waals surface area contributed by atoms with Gasteiger partial charge in [-0.05, 0) is 41.2 Å². The van der Waals surface area contributed by atoms with Crippen LogP contribution < -0.4 is 5.32 Å². The fraction of sp³-hybridized carbons (Fsp3) is 1.00. The van der Waals surface area contributed by atoms with E-state index in [1.54, 1.807) is 0 Å². The summed E-state index contributed by atoms with van der Waals surface area (Å²) in [5.74, 6) is 0. The third kappa shape index (κ3) is 3.05. The summed E-state index contributed by atoms with van der Waals surface area (Å²) in [5, 5.41) is 3.20. The maximum Gasteiger partial charge on any atom is 0.0826 e. The van der Waals surface area contributed by atoms with Gasteiger partial charge in [0.2, 0.25) is 0 Å². The number of morpholine rings is 1. The third-order valence-corrected chi connectivity index (χ3v) is 4.07. The van der Waals surface area contributed by atoms with Crippen LogP contribution in [0.2, 0.25) is 0 Å². The Labute approximate surface area is 111 Å². The maximum atomic E-state index is 6.20. The molecule has 0 bridgehead atoms. The van der Waals surface area contributed by atoms with E-state index >= 15 is 0 Å². The fourth-order valence-electron chi connectivity index (χ4n) is 3.48. The molecule has 4 heteroatoms. The molecule has 2 fully saturated rings. The van der Waals surface area contributed by atoms with Crippen LogP contribution in [-0.2, 0) is 9.47 Å². The number of rotatable bonds is 3. The number of nitrogens with zero attached hydrogens (tertiary/aromatic N) is 1. The molecule has 0 aromatic carbocycles. The molecule has 0 aromatic heterocycles. The van der Waals surface area contributed by atoms with Crippen LogP contribution >= 0.6 is 0 Å². The Hall–Kier alpha value is -0.160. The zero-order valence-corrected chi connectivity index (χ0v) is 12.5. The molecule has 2 rings (SSSR count). The number of hydrogen-bond acceptors (Lipinski definition) is 4. The van der Waals surface area contributed by atoms with Crippen molar-refractivity contribution in [3.8, 4) is 0 Å². The van der Waals surface area contributed by atoms with E-state index in [9.17, 15) is 0 Å². The van der Waals surface area contributed by atoms with Crippen molar-refractivity contribution in [2.75, 3.05) is 33.3 Å². The number of hydrogen-bond donors (Lipinski definition) is 1. The quantitative estimate of drug-likeness (QED) is 0.824. The third-order valence-electron chi connectivity index (χ3n) is 4.07. The highest BCUT2D eigenvalue weighted by Gasteiger charge is 2.48. The van der Waals surface area contributed by atoms with Crippen LogP contribution in [0.1, 0.15) is 34.1 Å². The number of likely N-dealkylation sites (N-methyl/N-ethyl adjacent to an activating group) is 1. The van der Waals surface area contributed by atoms with Crippen LogP contribution in [0.3, 0.4) is 0 Å². The highest BCUT2D eigenvalue weighted by Crippen LogP contribution is 2.40. The van der Waals surface area contributed by atoms with E-state index in [-0.39, 0.29) is 11.2 Å². The van der Waals surface area contributed by atoms with Crippen LogP contribution in [0, 0.1) is 0 Å². The van der Waals surface area contributed by atoms with Gasteiger partial charge in [-0.1, -0.05) is 0 Å². The van der Waals surface area contributed by atoms with E-state index in [1.807, 2.05) is 7.05 Å². The highest BCUT2D eigenvalue weighted by molar-refractivity contribution is 5.01. The molecule has 106 valence electrons. The minimum atomic E-state index is -0.0645. The van der Waals surface area contributed by atoms with Crippen molar-refractivity contribution in [3.63, 3.8) is 0 Å². The molecule has 2 aliphatic heterocycles. The van der Waals surface area contributed by atoms with Crippen molar-refractivity contribution in [2.45, 2.75) is 57.5 Å². The largest absolute Gasteiger partial charge is 0.374 e. The molecule has 4 nitrogen and oxygen atoms in total. The lowest BCUT2D eigenvalue weighted by Crippen LogP contribution is -2.55. The fourth-order valence-corrected chi connectivity index (χ4v) is 3.48. The van der Waals surface area contributed by atoms with E-state index < -0.39 is 0 Å². The summed E-state index contributed by atoms with van der Waals surface area (Å²) in [6, 6.07) is 0.496. The van der Waals surface area contributed by atoms with Crippen molar-refractivity contribution < 1.29 is 9.47 Å². The second-order valence-corrected chi connectivity index (χ2v) is 6.73. The minimum absolute atomic E-state index is 0.00895. The molecule has 0 aliphatic carbocycles. The van der Waals surface area contributed by atoms with Crippen LogP contribution in [0.25, 0.3) is 0 Å². The second kappa shape index (κ2) is 5.08. The Kier molecular flexibility index (Phi) is 4.02. The van der Waals surface area contributed by atoms with E-state index in [0.717, 1.165) is 32.7 Å². The zero-order valence-electron chi connectivity index (χ0n) is 12.5. The molecule has 0 radical (unpaired) electrons. The van der Waals surface area contributed by atoms with Gasteiger partial charge >= 0.3 is 0 Å². The molecular formula is C14H28N2O2. The van der Waals surface area contributed by atoms with Crippen molar-refractivity contribution in [1.29, 1.82) is 0 Å². The Balaban J connectivity index is 2.02. The van der Waals surface area contributed by atoms with Gasteiger partial charge in [0.1, 0.15) is 0 Å². The van der Waals surface area contributed by atoms with Crippen molar-refractivity contribution in [1.82, 2.24) is 10.2 Å². The smallest absolute Gasteiger partial charge is 0.0826 e. The number of ether oxygens (including phenoxy) is 2. The van der Waals surface area contributed by atoms with Crippen molar-refractivity contribution in [2.24, 2.45) is 0 Å². The van der Waals surface area contributed by atoms with Gasteiger partial charge in [0, 0.05) is 25.7 Å². The summed E-state index contributed by atoms with van der Waals surface area (Å²) in [5.41, 5.74) is -0.0734. The maximum absolute atomic E-state index is 6.20. The number of nitrogens with one attached hydrogen (secondary N) is 1. The Morgan fingerprint density at radius 3 is 2.56 bits per heavy atom. The topological polar surface area (TPSA) is 33.7 Å². The summed E-state index contributed by atoms with van der Waals surface area (Å²) in [6.07, 6.45) is 1.41. The average Bonchev–Trinajstić information content (AvgIpc) is 2.48. The summed E-state index contributed by atoms with van der Waals surface area (Å²) in [4.78, 5) is 2.56. The standard InChI is InChI=1S/C14H28N2O2/c1-13(2)8-12(14(3,4)18-13)16-6-7-17-11(10-16)9-15-5/h11-12,15H,6-10H2,1-5H3. The van der Waals surface area contributed by atoms with Gasteiger partial charge in [0.05, 0.1) is 23.9 Å². The van der Waals surface area contributed by atoms with E-state index in [4.69, 9.17) is 9.47 Å². The first-order chi connectivity index (χ1) is 8.34. The minimum Gasteiger partial charge on any atom is -0.374 e. The van der Waals surface area contributed by atoms with Crippen molar-refractivity contribution in [3.05, 3.63) is 0 Å². The van der Waals surface area contributed by atoms with Gasteiger partial charge in [-0.2, -0.15) is 0 Å². The molecular weight excluding hydrogens is 228 g/mol. The molecule has 0 amide bonds. The summed E-state index contributed by atoms with van der Waals surface area (Å²) >= 11 is 0. The Morgan fingerprint density at radius 1 is 1.28 bits per heavy atom.